The molecule has 5 aromatic rings. The van der Waals surface area contributed by atoms with Crippen LogP contribution in [0.4, 0.5) is 5.82 Å². The second-order valence-electron chi connectivity index (χ2n) is 8.75. The van der Waals surface area contributed by atoms with Gasteiger partial charge in [0, 0.05) is 24.0 Å². The topological polar surface area (TPSA) is 81.7 Å². The number of hydrogen-bond acceptors (Lipinski definition) is 5. The standard InChI is InChI=1S/C28H26N6/c29-26-23(9-5-17-31-26)27-33-25-15-14-24(20-6-2-1-3-7-20)32-28(25)34(27)22-12-10-19(11-13-22)21-8-4-16-30-18-21/h1-3,5-7,9-15,17,21,30H,4,8,16,18H2,(H2,29,31). The molecule has 0 radical (unpaired) electrons. The van der Waals surface area contributed by atoms with Crippen LogP contribution >= 0.6 is 0 Å². The molecule has 1 fully saturated rings. The number of nitrogen functional groups attached to an aromatic ring is 1. The van der Waals surface area contributed by atoms with E-state index >= 15 is 0 Å². The highest BCUT2D eigenvalue weighted by molar-refractivity contribution is 5.84. The molecule has 1 atom stereocenters. The lowest BCUT2D eigenvalue weighted by molar-refractivity contribution is 0.461. The van der Waals surface area contributed by atoms with E-state index in [2.05, 4.69) is 51.3 Å². The molecule has 1 saturated heterocycles. The van der Waals surface area contributed by atoms with Crippen LogP contribution in [0.2, 0.25) is 0 Å². The molecule has 1 aliphatic rings. The van der Waals surface area contributed by atoms with Crippen LogP contribution in [0, 0.1) is 0 Å². The number of piperidine rings is 1. The van der Waals surface area contributed by atoms with Crippen LogP contribution in [0.25, 0.3) is 39.5 Å². The van der Waals surface area contributed by atoms with Crippen LogP contribution in [-0.2, 0) is 0 Å². The highest BCUT2D eigenvalue weighted by Crippen LogP contribution is 2.32. The molecule has 34 heavy (non-hydrogen) atoms. The largest absolute Gasteiger partial charge is 0.383 e. The molecule has 3 aromatic heterocycles. The minimum atomic E-state index is 0.451. The first-order valence-corrected chi connectivity index (χ1v) is 11.7. The summed E-state index contributed by atoms with van der Waals surface area (Å²) < 4.78 is 2.10. The lowest BCUT2D eigenvalue weighted by Crippen LogP contribution is -2.28. The molecular weight excluding hydrogens is 420 g/mol. The number of rotatable bonds is 4. The average Bonchev–Trinajstić information content (AvgIpc) is 3.28. The maximum atomic E-state index is 6.27. The number of aromatic nitrogens is 4. The molecule has 0 spiro atoms. The maximum absolute atomic E-state index is 6.27. The van der Waals surface area contributed by atoms with Gasteiger partial charge in [-0.05, 0) is 67.3 Å². The molecule has 1 unspecified atom stereocenters. The van der Waals surface area contributed by atoms with Crippen LogP contribution < -0.4 is 11.1 Å². The predicted molar refractivity (Wildman–Crippen MR) is 137 cm³/mol. The van der Waals surface area contributed by atoms with Crippen molar-refractivity contribution in [3.8, 4) is 28.3 Å². The molecule has 0 aliphatic carbocycles. The third-order valence-corrected chi connectivity index (χ3v) is 6.57. The van der Waals surface area contributed by atoms with E-state index in [-0.39, 0.29) is 0 Å². The normalized spacial score (nSPS) is 16.1. The number of fused-ring (bicyclic) bond motifs is 1. The fourth-order valence-electron chi connectivity index (χ4n) is 4.79. The van der Waals surface area contributed by atoms with Crippen molar-refractivity contribution in [3.05, 3.63) is 90.6 Å². The molecule has 2 aromatic carbocycles. The van der Waals surface area contributed by atoms with Crippen LogP contribution in [0.3, 0.4) is 0 Å². The SMILES string of the molecule is Nc1ncccc1-c1nc2ccc(-c3ccccc3)nc2n1-c1ccc(C2CCCNC2)cc1. The van der Waals surface area contributed by atoms with Gasteiger partial charge in [-0.15, -0.1) is 0 Å². The Bertz CT molecular complexity index is 1430. The quantitative estimate of drug-likeness (QED) is 0.397. The Kier molecular flexibility index (Phi) is 5.28. The highest BCUT2D eigenvalue weighted by atomic mass is 15.1. The van der Waals surface area contributed by atoms with E-state index in [4.69, 9.17) is 15.7 Å². The lowest BCUT2D eigenvalue weighted by Gasteiger charge is -2.23. The van der Waals surface area contributed by atoms with E-state index < -0.39 is 0 Å². The molecule has 6 nitrogen and oxygen atoms in total. The van der Waals surface area contributed by atoms with Gasteiger partial charge < -0.3 is 11.1 Å². The molecule has 4 heterocycles. The zero-order chi connectivity index (χ0) is 22.9. The van der Waals surface area contributed by atoms with E-state index in [1.54, 1.807) is 6.20 Å². The van der Waals surface area contributed by atoms with Crippen LogP contribution in [0.5, 0.6) is 0 Å². The monoisotopic (exact) mass is 446 g/mol. The van der Waals surface area contributed by atoms with Crippen molar-refractivity contribution in [2.45, 2.75) is 18.8 Å². The lowest BCUT2D eigenvalue weighted by atomic mass is 9.91. The second kappa shape index (κ2) is 8.72. The molecule has 0 amide bonds. The van der Waals surface area contributed by atoms with E-state index in [0.717, 1.165) is 52.6 Å². The number of pyridine rings is 2. The molecule has 6 rings (SSSR count). The Labute approximate surface area is 198 Å². The number of nitrogens with one attached hydrogen (secondary N) is 1. The zero-order valence-corrected chi connectivity index (χ0v) is 18.9. The smallest absolute Gasteiger partial charge is 0.165 e. The summed E-state index contributed by atoms with van der Waals surface area (Å²) >= 11 is 0. The molecule has 6 heteroatoms. The summed E-state index contributed by atoms with van der Waals surface area (Å²) in [6.45, 7) is 2.15. The van der Waals surface area contributed by atoms with Gasteiger partial charge in [-0.25, -0.2) is 15.0 Å². The fourth-order valence-corrected chi connectivity index (χ4v) is 4.79. The predicted octanol–water partition coefficient (Wildman–Crippen LogP) is 5.20. The van der Waals surface area contributed by atoms with Crippen molar-refractivity contribution in [3.63, 3.8) is 0 Å². The minimum Gasteiger partial charge on any atom is -0.383 e. The molecule has 168 valence electrons. The molecule has 0 saturated carbocycles. The summed E-state index contributed by atoms with van der Waals surface area (Å²) in [6, 6.07) is 26.9. The first kappa shape index (κ1) is 20.6. The molecule has 0 bridgehead atoms. The van der Waals surface area contributed by atoms with E-state index in [1.165, 1.54) is 18.4 Å². The van der Waals surface area contributed by atoms with Gasteiger partial charge in [-0.2, -0.15) is 0 Å². The molecule has 3 N–H and O–H groups in total. The Morgan fingerprint density at radius 1 is 0.882 bits per heavy atom. The Balaban J connectivity index is 1.52. The second-order valence-corrected chi connectivity index (χ2v) is 8.75. The van der Waals surface area contributed by atoms with Crippen LogP contribution in [0.15, 0.2) is 85.1 Å². The van der Waals surface area contributed by atoms with E-state index in [1.807, 2.05) is 42.5 Å². The third kappa shape index (κ3) is 3.72. The van der Waals surface area contributed by atoms with Gasteiger partial charge in [-0.1, -0.05) is 42.5 Å². The summed E-state index contributed by atoms with van der Waals surface area (Å²) in [5.41, 5.74) is 13.0. The summed E-state index contributed by atoms with van der Waals surface area (Å²) in [4.78, 5) is 14.3. The number of imidazole rings is 1. The number of nitrogens with two attached hydrogens (primary N) is 1. The van der Waals surface area contributed by atoms with Gasteiger partial charge in [0.2, 0.25) is 0 Å². The number of benzene rings is 2. The number of nitrogens with zero attached hydrogens (tertiary/aromatic N) is 4. The number of anilines is 1. The van der Waals surface area contributed by atoms with Crippen LogP contribution in [0.1, 0.15) is 24.3 Å². The van der Waals surface area contributed by atoms with E-state index in [0.29, 0.717) is 11.7 Å². The fraction of sp³-hybridized carbons (Fsp3) is 0.179. The summed E-state index contributed by atoms with van der Waals surface area (Å²) in [7, 11) is 0. The first-order chi connectivity index (χ1) is 16.8. The minimum absolute atomic E-state index is 0.451. The van der Waals surface area contributed by atoms with Crippen molar-refractivity contribution in [1.82, 2.24) is 24.8 Å². The Morgan fingerprint density at radius 3 is 2.50 bits per heavy atom. The highest BCUT2D eigenvalue weighted by Gasteiger charge is 2.20. The molecule has 1 aliphatic heterocycles. The first-order valence-electron chi connectivity index (χ1n) is 11.7. The summed E-state index contributed by atoms with van der Waals surface area (Å²) in [6.07, 6.45) is 4.14. The van der Waals surface area contributed by atoms with Crippen molar-refractivity contribution in [1.29, 1.82) is 0 Å². The number of hydrogen-bond donors (Lipinski definition) is 2. The van der Waals surface area contributed by atoms with Crippen molar-refractivity contribution < 1.29 is 0 Å². The van der Waals surface area contributed by atoms with Crippen molar-refractivity contribution >= 4 is 17.0 Å². The van der Waals surface area contributed by atoms with Gasteiger partial charge in [-0.3, -0.25) is 4.57 Å². The maximum Gasteiger partial charge on any atom is 0.165 e. The van der Waals surface area contributed by atoms with Gasteiger partial charge in [0.15, 0.2) is 11.5 Å². The van der Waals surface area contributed by atoms with Gasteiger partial charge in [0.25, 0.3) is 0 Å². The van der Waals surface area contributed by atoms with Crippen molar-refractivity contribution in [2.75, 3.05) is 18.8 Å². The van der Waals surface area contributed by atoms with Crippen LogP contribution in [-0.4, -0.2) is 32.6 Å². The van der Waals surface area contributed by atoms with Crippen molar-refractivity contribution in [2.24, 2.45) is 0 Å². The summed E-state index contributed by atoms with van der Waals surface area (Å²) in [5.74, 6) is 1.75. The Hall–Kier alpha value is -4.03. The van der Waals surface area contributed by atoms with Gasteiger partial charge in [0.1, 0.15) is 11.3 Å². The third-order valence-electron chi connectivity index (χ3n) is 6.57. The zero-order valence-electron chi connectivity index (χ0n) is 18.9. The van der Waals surface area contributed by atoms with Gasteiger partial charge in [0.05, 0.1) is 11.3 Å². The Morgan fingerprint density at radius 2 is 1.74 bits per heavy atom. The molecular formula is C28H26N6. The van der Waals surface area contributed by atoms with E-state index in [9.17, 15) is 0 Å². The summed E-state index contributed by atoms with van der Waals surface area (Å²) in [5, 5.41) is 3.51. The average molecular weight is 447 g/mol. The van der Waals surface area contributed by atoms with Gasteiger partial charge >= 0.3 is 0 Å².